The Labute approximate surface area is 184 Å². The van der Waals surface area contributed by atoms with Gasteiger partial charge in [-0.1, -0.05) is 42.5 Å². The molecule has 1 amide bonds. The normalized spacial score (nSPS) is 10.8. The van der Waals surface area contributed by atoms with E-state index >= 15 is 0 Å². The Hall–Kier alpha value is -4.20. The number of hydrogen-bond donors (Lipinski definition) is 1. The lowest BCUT2D eigenvalue weighted by Gasteiger charge is -2.10. The number of fused-ring (bicyclic) bond motifs is 1. The molecule has 1 N–H and O–H groups in total. The van der Waals surface area contributed by atoms with Crippen molar-refractivity contribution in [1.82, 2.24) is 14.1 Å². The molecule has 8 nitrogen and oxygen atoms in total. The van der Waals surface area contributed by atoms with E-state index in [9.17, 15) is 14.4 Å². The van der Waals surface area contributed by atoms with E-state index < -0.39 is 5.97 Å². The highest BCUT2D eigenvalue weighted by molar-refractivity contribution is 6.01. The number of ether oxygens (including phenoxy) is 1. The summed E-state index contributed by atoms with van der Waals surface area (Å²) in [6, 6.07) is 16.2. The van der Waals surface area contributed by atoms with Gasteiger partial charge in [0.05, 0.1) is 24.7 Å². The van der Waals surface area contributed by atoms with Crippen molar-refractivity contribution >= 4 is 28.6 Å². The number of nitrogens with one attached hydrogen (secondary N) is 1. The zero-order valence-corrected chi connectivity index (χ0v) is 17.7. The van der Waals surface area contributed by atoms with E-state index in [1.807, 2.05) is 37.3 Å². The maximum Gasteiger partial charge on any atom is 0.339 e. The smallest absolute Gasteiger partial charge is 0.339 e. The summed E-state index contributed by atoms with van der Waals surface area (Å²) in [5, 5.41) is 2.75. The highest BCUT2D eigenvalue weighted by atomic mass is 16.5. The molecule has 32 heavy (non-hydrogen) atoms. The minimum absolute atomic E-state index is 0.122. The Bertz CT molecular complexity index is 1360. The van der Waals surface area contributed by atoms with Gasteiger partial charge in [0.25, 0.3) is 5.56 Å². The summed E-state index contributed by atoms with van der Waals surface area (Å²) < 4.78 is 7.88. The quantitative estimate of drug-likeness (QED) is 0.474. The molecule has 0 saturated carbocycles. The van der Waals surface area contributed by atoms with Gasteiger partial charge in [-0.2, -0.15) is 0 Å². The van der Waals surface area contributed by atoms with Crippen LogP contribution in [-0.4, -0.2) is 33.1 Å². The van der Waals surface area contributed by atoms with Gasteiger partial charge >= 0.3 is 5.97 Å². The van der Waals surface area contributed by atoms with Crippen molar-refractivity contribution in [3.8, 4) is 11.1 Å². The standard InChI is InChI=1S/C24H22N4O4/c1-3-27-15-25-21-18(16-9-5-4-6-10-16)13-28(22(21)23(27)30)14-20(29)26-19-12-8-7-11-17(19)24(31)32-2/h4-13,15H,3,14H2,1-2H3,(H,26,29). The largest absolute Gasteiger partial charge is 0.465 e. The topological polar surface area (TPSA) is 95.2 Å². The molecule has 2 heterocycles. The molecule has 0 unspecified atom stereocenters. The molecule has 0 aliphatic heterocycles. The van der Waals surface area contributed by atoms with Gasteiger partial charge in [0.15, 0.2) is 0 Å². The minimum Gasteiger partial charge on any atom is -0.465 e. The first-order valence-electron chi connectivity index (χ1n) is 10.1. The van der Waals surface area contributed by atoms with Crippen molar-refractivity contribution in [2.24, 2.45) is 0 Å². The van der Waals surface area contributed by atoms with Crippen LogP contribution in [0.25, 0.3) is 22.2 Å². The third kappa shape index (κ3) is 3.90. The van der Waals surface area contributed by atoms with E-state index in [1.165, 1.54) is 18.0 Å². The van der Waals surface area contributed by atoms with E-state index in [0.29, 0.717) is 23.3 Å². The summed E-state index contributed by atoms with van der Waals surface area (Å²) in [4.78, 5) is 42.4. The molecule has 0 aliphatic carbocycles. The SMILES string of the molecule is CCn1cnc2c(-c3ccccc3)cn(CC(=O)Nc3ccccc3C(=O)OC)c2c1=O. The number of rotatable bonds is 6. The summed E-state index contributed by atoms with van der Waals surface area (Å²) in [5.41, 5.74) is 2.92. The van der Waals surface area contributed by atoms with Crippen LogP contribution in [0.3, 0.4) is 0 Å². The first kappa shape index (κ1) is 21.0. The first-order chi connectivity index (χ1) is 15.5. The number of benzene rings is 2. The van der Waals surface area contributed by atoms with Crippen molar-refractivity contribution in [1.29, 1.82) is 0 Å². The molecule has 0 atom stereocenters. The lowest BCUT2D eigenvalue weighted by molar-refractivity contribution is -0.116. The van der Waals surface area contributed by atoms with Crippen LogP contribution in [-0.2, 0) is 22.6 Å². The van der Waals surface area contributed by atoms with Gasteiger partial charge in [0.2, 0.25) is 5.91 Å². The van der Waals surface area contributed by atoms with Crippen LogP contribution in [0.4, 0.5) is 5.69 Å². The van der Waals surface area contributed by atoms with Gasteiger partial charge in [-0.25, -0.2) is 9.78 Å². The fourth-order valence-corrected chi connectivity index (χ4v) is 3.62. The summed E-state index contributed by atoms with van der Waals surface area (Å²) in [7, 11) is 1.28. The fourth-order valence-electron chi connectivity index (χ4n) is 3.62. The Balaban J connectivity index is 1.74. The predicted octanol–water partition coefficient (Wildman–Crippen LogP) is 3.31. The number of aromatic nitrogens is 3. The summed E-state index contributed by atoms with van der Waals surface area (Å²) in [6.45, 7) is 2.20. The third-order valence-corrected chi connectivity index (χ3v) is 5.19. The molecule has 2 aromatic carbocycles. The molecule has 0 bridgehead atoms. The molecule has 0 radical (unpaired) electrons. The highest BCUT2D eigenvalue weighted by Gasteiger charge is 2.19. The van der Waals surface area contributed by atoms with E-state index in [1.54, 1.807) is 35.0 Å². The van der Waals surface area contributed by atoms with E-state index in [2.05, 4.69) is 10.3 Å². The summed E-state index contributed by atoms with van der Waals surface area (Å²) in [6.07, 6.45) is 3.29. The highest BCUT2D eigenvalue weighted by Crippen LogP contribution is 2.27. The number of anilines is 1. The number of carbonyl (C=O) groups is 2. The van der Waals surface area contributed by atoms with Gasteiger partial charge in [0, 0.05) is 18.3 Å². The predicted molar refractivity (Wildman–Crippen MR) is 122 cm³/mol. The second-order valence-corrected chi connectivity index (χ2v) is 7.15. The second-order valence-electron chi connectivity index (χ2n) is 7.15. The van der Waals surface area contributed by atoms with E-state index in [-0.39, 0.29) is 23.6 Å². The molecule has 162 valence electrons. The first-order valence-corrected chi connectivity index (χ1v) is 10.1. The molecule has 4 aromatic rings. The number of esters is 1. The van der Waals surface area contributed by atoms with Crippen molar-refractivity contribution in [3.05, 3.63) is 83.0 Å². The number of carbonyl (C=O) groups excluding carboxylic acids is 2. The molecule has 8 heteroatoms. The number of para-hydroxylation sites is 1. The molecule has 0 saturated heterocycles. The second kappa shape index (κ2) is 8.89. The Kier molecular flexibility index (Phi) is 5.85. The van der Waals surface area contributed by atoms with Crippen molar-refractivity contribution in [2.45, 2.75) is 20.0 Å². The molecule has 0 fully saturated rings. The van der Waals surface area contributed by atoms with Gasteiger partial charge in [0.1, 0.15) is 17.6 Å². The number of nitrogens with zero attached hydrogens (tertiary/aromatic N) is 3. The van der Waals surface area contributed by atoms with Crippen LogP contribution < -0.4 is 10.9 Å². The average molecular weight is 430 g/mol. The van der Waals surface area contributed by atoms with E-state index in [0.717, 1.165) is 11.1 Å². The summed E-state index contributed by atoms with van der Waals surface area (Å²) in [5.74, 6) is -0.933. The van der Waals surface area contributed by atoms with Crippen LogP contribution in [0.5, 0.6) is 0 Å². The lowest BCUT2D eigenvalue weighted by atomic mass is 10.1. The number of hydrogen-bond acceptors (Lipinski definition) is 5. The minimum atomic E-state index is -0.547. The van der Waals surface area contributed by atoms with Crippen molar-refractivity contribution in [3.63, 3.8) is 0 Å². The zero-order chi connectivity index (χ0) is 22.7. The maximum absolute atomic E-state index is 13.1. The van der Waals surface area contributed by atoms with Crippen molar-refractivity contribution in [2.75, 3.05) is 12.4 Å². The molecule has 2 aromatic heterocycles. The zero-order valence-electron chi connectivity index (χ0n) is 17.7. The Morgan fingerprint density at radius 3 is 2.47 bits per heavy atom. The monoisotopic (exact) mass is 430 g/mol. The van der Waals surface area contributed by atoms with Gasteiger partial charge in [-0.05, 0) is 24.6 Å². The van der Waals surface area contributed by atoms with Crippen molar-refractivity contribution < 1.29 is 14.3 Å². The molecule has 4 rings (SSSR count). The van der Waals surface area contributed by atoms with Gasteiger partial charge in [-0.3, -0.25) is 14.2 Å². The Morgan fingerprint density at radius 1 is 1.03 bits per heavy atom. The van der Waals surface area contributed by atoms with E-state index in [4.69, 9.17) is 4.74 Å². The van der Waals surface area contributed by atoms with Gasteiger partial charge in [-0.15, -0.1) is 0 Å². The number of amides is 1. The summed E-state index contributed by atoms with van der Waals surface area (Å²) >= 11 is 0. The Morgan fingerprint density at radius 2 is 1.75 bits per heavy atom. The molecular weight excluding hydrogens is 408 g/mol. The number of aryl methyl sites for hydroxylation is 1. The van der Waals surface area contributed by atoms with Crippen LogP contribution in [0.15, 0.2) is 71.9 Å². The van der Waals surface area contributed by atoms with Gasteiger partial charge < -0.3 is 14.6 Å². The lowest BCUT2D eigenvalue weighted by Crippen LogP contribution is -2.25. The molecular formula is C24H22N4O4. The average Bonchev–Trinajstić information content (AvgIpc) is 3.18. The third-order valence-electron chi connectivity index (χ3n) is 5.19. The van der Waals surface area contributed by atoms with Crippen LogP contribution in [0, 0.1) is 0 Å². The number of methoxy groups -OCH3 is 1. The maximum atomic E-state index is 13.1. The molecule has 0 aliphatic rings. The molecule has 0 spiro atoms. The van der Waals surface area contributed by atoms with Crippen LogP contribution in [0.2, 0.25) is 0 Å². The van der Waals surface area contributed by atoms with Crippen LogP contribution in [0.1, 0.15) is 17.3 Å². The van der Waals surface area contributed by atoms with Crippen LogP contribution >= 0.6 is 0 Å². The fraction of sp³-hybridized carbons (Fsp3) is 0.167.